The Morgan fingerprint density at radius 2 is 1.96 bits per heavy atom. The van der Waals surface area contributed by atoms with Gasteiger partial charge in [0, 0.05) is 23.1 Å². The Morgan fingerprint density at radius 1 is 1.14 bits per heavy atom. The van der Waals surface area contributed by atoms with Gasteiger partial charge in [-0.05, 0) is 44.7 Å². The molecule has 4 aromatic rings. The van der Waals surface area contributed by atoms with E-state index in [2.05, 4.69) is 29.9 Å². The van der Waals surface area contributed by atoms with Crippen molar-refractivity contribution in [2.45, 2.75) is 32.6 Å². The first kappa shape index (κ1) is 17.0. The third-order valence-electron chi connectivity index (χ3n) is 5.04. The van der Waals surface area contributed by atoms with E-state index in [1.165, 1.54) is 29.9 Å². The lowest BCUT2D eigenvalue weighted by molar-refractivity contribution is 0.103. The highest BCUT2D eigenvalue weighted by atomic mass is 32.1. The van der Waals surface area contributed by atoms with Crippen molar-refractivity contribution in [3.63, 3.8) is 0 Å². The van der Waals surface area contributed by atoms with Crippen LogP contribution in [0.25, 0.3) is 17.0 Å². The number of nitrogens with zero attached hydrogens (tertiary/aromatic N) is 5. The molecule has 0 aliphatic heterocycles. The first-order valence-corrected chi connectivity index (χ1v) is 10.1. The van der Waals surface area contributed by atoms with Crippen molar-refractivity contribution in [1.82, 2.24) is 24.6 Å². The van der Waals surface area contributed by atoms with E-state index >= 15 is 0 Å². The van der Waals surface area contributed by atoms with Crippen molar-refractivity contribution in [3.8, 4) is 11.3 Å². The number of carbonyl (C=O) groups is 1. The van der Waals surface area contributed by atoms with Crippen LogP contribution in [0, 0.1) is 6.92 Å². The molecule has 0 radical (unpaired) electrons. The number of thiazole rings is 1. The maximum atomic E-state index is 12.3. The second-order valence-electron chi connectivity index (χ2n) is 6.90. The summed E-state index contributed by atoms with van der Waals surface area (Å²) in [5.41, 5.74) is 7.29. The van der Waals surface area contributed by atoms with Gasteiger partial charge in [-0.15, -0.1) is 16.4 Å². The Hall–Kier alpha value is -3.13. The number of imidazole rings is 1. The molecular weight excluding hydrogens is 372 g/mol. The summed E-state index contributed by atoms with van der Waals surface area (Å²) in [6.45, 7) is 1.83. The summed E-state index contributed by atoms with van der Waals surface area (Å²) in [6, 6.07) is 7.68. The van der Waals surface area contributed by atoms with Crippen molar-refractivity contribution in [3.05, 3.63) is 57.9 Å². The molecule has 0 bridgehead atoms. The monoisotopic (exact) mass is 390 g/mol. The quantitative estimate of drug-likeness (QED) is 0.577. The number of hydrogen-bond acceptors (Lipinski definition) is 6. The standard InChI is InChI=1S/C20H18N6OS/c1-12-18(28-11-21-12)19(27)22-14-8-6-13(7-9-14)16-10-26-17-5-3-2-4-15(17)24-25-20(26)23-16/h6-11H,2-5H2,1H3,(H,22,27). The zero-order valence-corrected chi connectivity index (χ0v) is 16.2. The normalized spacial score (nSPS) is 13.5. The molecule has 1 aliphatic carbocycles. The van der Waals surface area contributed by atoms with Gasteiger partial charge in [-0.3, -0.25) is 9.20 Å². The molecule has 1 aromatic carbocycles. The van der Waals surface area contributed by atoms with Crippen LogP contribution in [0.4, 0.5) is 5.69 Å². The first-order chi connectivity index (χ1) is 13.7. The Labute approximate surface area is 165 Å². The van der Waals surface area contributed by atoms with E-state index in [0.717, 1.165) is 41.2 Å². The molecule has 5 rings (SSSR count). The van der Waals surface area contributed by atoms with Crippen LogP contribution in [-0.2, 0) is 12.8 Å². The molecule has 0 spiro atoms. The summed E-state index contributed by atoms with van der Waals surface area (Å²) in [5, 5.41) is 11.5. The van der Waals surface area contributed by atoms with E-state index in [4.69, 9.17) is 0 Å². The van der Waals surface area contributed by atoms with Crippen LogP contribution < -0.4 is 5.32 Å². The van der Waals surface area contributed by atoms with E-state index in [-0.39, 0.29) is 5.91 Å². The number of fused-ring (bicyclic) bond motifs is 3. The Bertz CT molecular complexity index is 1180. The maximum absolute atomic E-state index is 12.3. The molecule has 28 heavy (non-hydrogen) atoms. The number of amides is 1. The van der Waals surface area contributed by atoms with E-state index in [9.17, 15) is 4.79 Å². The summed E-state index contributed by atoms with van der Waals surface area (Å²) in [6.07, 6.45) is 6.37. The number of carbonyl (C=O) groups excluding carboxylic acids is 1. The molecule has 0 saturated carbocycles. The van der Waals surface area contributed by atoms with Crippen LogP contribution in [-0.4, -0.2) is 30.5 Å². The number of rotatable bonds is 3. The van der Waals surface area contributed by atoms with Crippen LogP contribution in [0.2, 0.25) is 0 Å². The molecule has 0 fully saturated rings. The number of aromatic nitrogens is 5. The molecule has 0 unspecified atom stereocenters. The van der Waals surface area contributed by atoms with Gasteiger partial charge in [0.25, 0.3) is 11.7 Å². The van der Waals surface area contributed by atoms with Crippen molar-refractivity contribution < 1.29 is 4.79 Å². The number of benzene rings is 1. The molecular formula is C20H18N6OS. The first-order valence-electron chi connectivity index (χ1n) is 9.24. The van der Waals surface area contributed by atoms with Crippen LogP contribution >= 0.6 is 11.3 Å². The van der Waals surface area contributed by atoms with E-state index in [1.54, 1.807) is 5.51 Å². The van der Waals surface area contributed by atoms with Gasteiger partial charge in [0.15, 0.2) is 0 Å². The minimum absolute atomic E-state index is 0.137. The van der Waals surface area contributed by atoms with Crippen LogP contribution in [0.15, 0.2) is 36.0 Å². The highest BCUT2D eigenvalue weighted by molar-refractivity contribution is 7.12. The summed E-state index contributed by atoms with van der Waals surface area (Å²) in [4.78, 5) is 21.7. The summed E-state index contributed by atoms with van der Waals surface area (Å²) >= 11 is 1.34. The van der Waals surface area contributed by atoms with Crippen LogP contribution in [0.1, 0.15) is 39.6 Å². The lowest BCUT2D eigenvalue weighted by Crippen LogP contribution is -2.12. The largest absolute Gasteiger partial charge is 0.321 e. The predicted molar refractivity (Wildman–Crippen MR) is 108 cm³/mol. The fraction of sp³-hybridized carbons (Fsp3) is 0.250. The van der Waals surface area contributed by atoms with Crippen LogP contribution in [0.5, 0.6) is 0 Å². The van der Waals surface area contributed by atoms with Crippen molar-refractivity contribution >= 4 is 28.7 Å². The fourth-order valence-corrected chi connectivity index (χ4v) is 4.25. The Kier molecular flexibility index (Phi) is 4.12. The third-order valence-corrected chi connectivity index (χ3v) is 5.97. The molecule has 8 heteroatoms. The van der Waals surface area contributed by atoms with Crippen LogP contribution in [0.3, 0.4) is 0 Å². The molecule has 7 nitrogen and oxygen atoms in total. The van der Waals surface area contributed by atoms with E-state index in [1.807, 2.05) is 37.4 Å². The van der Waals surface area contributed by atoms with Gasteiger partial charge in [-0.2, -0.15) is 5.10 Å². The number of aryl methyl sites for hydroxylation is 3. The molecule has 0 atom stereocenters. The summed E-state index contributed by atoms with van der Waals surface area (Å²) in [5.74, 6) is 0.496. The predicted octanol–water partition coefficient (Wildman–Crippen LogP) is 3.69. The van der Waals surface area contributed by atoms with Crippen molar-refractivity contribution in [2.24, 2.45) is 0 Å². The van der Waals surface area contributed by atoms with Gasteiger partial charge in [0.1, 0.15) is 4.88 Å². The molecule has 140 valence electrons. The second-order valence-corrected chi connectivity index (χ2v) is 7.75. The van der Waals surface area contributed by atoms with Gasteiger partial charge < -0.3 is 5.32 Å². The molecule has 3 heterocycles. The minimum atomic E-state index is -0.137. The van der Waals surface area contributed by atoms with Gasteiger partial charge in [-0.1, -0.05) is 12.1 Å². The topological polar surface area (TPSA) is 85.1 Å². The highest BCUT2D eigenvalue weighted by Gasteiger charge is 2.17. The van der Waals surface area contributed by atoms with Crippen molar-refractivity contribution in [1.29, 1.82) is 0 Å². The average molecular weight is 390 g/mol. The van der Waals surface area contributed by atoms with Gasteiger partial charge in [0.05, 0.1) is 22.6 Å². The van der Waals surface area contributed by atoms with Crippen molar-refractivity contribution in [2.75, 3.05) is 5.32 Å². The molecule has 1 amide bonds. The molecule has 1 N–H and O–H groups in total. The Balaban J connectivity index is 1.41. The lowest BCUT2D eigenvalue weighted by Gasteiger charge is -2.14. The second kappa shape index (κ2) is 6.79. The fourth-order valence-electron chi connectivity index (χ4n) is 3.56. The smallest absolute Gasteiger partial charge is 0.267 e. The SMILES string of the molecule is Cc1ncsc1C(=O)Nc1ccc(-c2cn3c4c(nnc3n2)CCCC4)cc1. The Morgan fingerprint density at radius 3 is 2.75 bits per heavy atom. The molecule has 0 saturated heterocycles. The lowest BCUT2D eigenvalue weighted by atomic mass is 10.0. The van der Waals surface area contributed by atoms with E-state index in [0.29, 0.717) is 10.7 Å². The van der Waals surface area contributed by atoms with Gasteiger partial charge in [0.2, 0.25) is 0 Å². The van der Waals surface area contributed by atoms with Gasteiger partial charge >= 0.3 is 0 Å². The zero-order valence-electron chi connectivity index (χ0n) is 15.3. The molecule has 1 aliphatic rings. The zero-order chi connectivity index (χ0) is 19.1. The summed E-state index contributed by atoms with van der Waals surface area (Å²) < 4.78 is 2.07. The maximum Gasteiger partial charge on any atom is 0.267 e. The minimum Gasteiger partial charge on any atom is -0.321 e. The van der Waals surface area contributed by atoms with Gasteiger partial charge in [-0.25, -0.2) is 9.97 Å². The average Bonchev–Trinajstić information content (AvgIpc) is 3.35. The molecule has 3 aromatic heterocycles. The number of hydrogen-bond donors (Lipinski definition) is 1. The van der Waals surface area contributed by atoms with E-state index < -0.39 is 0 Å². The number of anilines is 1. The third kappa shape index (κ3) is 2.95. The summed E-state index contributed by atoms with van der Waals surface area (Å²) in [7, 11) is 0. The highest BCUT2D eigenvalue weighted by Crippen LogP contribution is 2.25. The number of nitrogens with one attached hydrogen (secondary N) is 1.